The second kappa shape index (κ2) is 9.20. The van der Waals surface area contributed by atoms with Crippen LogP contribution in [0.5, 0.6) is 5.75 Å². The number of amides is 1. The van der Waals surface area contributed by atoms with Crippen LogP contribution in [0.1, 0.15) is 28.2 Å². The van der Waals surface area contributed by atoms with Gasteiger partial charge in [0.2, 0.25) is 0 Å². The molecule has 1 aromatic heterocycles. The molecule has 1 aromatic carbocycles. The molecule has 2 aliphatic heterocycles. The summed E-state index contributed by atoms with van der Waals surface area (Å²) in [6.07, 6.45) is 1.07. The molecule has 0 aliphatic carbocycles. The van der Waals surface area contributed by atoms with Gasteiger partial charge in [0.05, 0.1) is 12.7 Å². The molecular formula is C22H31ClN4O2. The lowest BCUT2D eigenvalue weighted by atomic mass is 10.2. The van der Waals surface area contributed by atoms with Gasteiger partial charge in [-0.25, -0.2) is 0 Å². The van der Waals surface area contributed by atoms with E-state index in [-0.39, 0.29) is 18.3 Å². The van der Waals surface area contributed by atoms with Crippen molar-refractivity contribution in [3.63, 3.8) is 0 Å². The number of rotatable bonds is 4. The number of nitrogens with zero attached hydrogens (tertiary/aromatic N) is 3. The van der Waals surface area contributed by atoms with Crippen LogP contribution in [-0.4, -0.2) is 72.7 Å². The fourth-order valence-electron chi connectivity index (χ4n) is 4.55. The zero-order valence-corrected chi connectivity index (χ0v) is 18.3. The first-order valence-corrected chi connectivity index (χ1v) is 10.2. The highest BCUT2D eigenvalue weighted by atomic mass is 35.5. The van der Waals surface area contributed by atoms with Gasteiger partial charge in [-0.2, -0.15) is 0 Å². The number of carbonyl (C=O) groups excluding carboxylic acids is 1. The Hall–Kier alpha value is -2.02. The Morgan fingerprint density at radius 1 is 1.10 bits per heavy atom. The summed E-state index contributed by atoms with van der Waals surface area (Å²) in [5.74, 6) is 0.990. The molecule has 7 heteroatoms. The molecule has 3 heterocycles. The maximum absolute atomic E-state index is 13.3. The average Bonchev–Trinajstić information content (AvgIpc) is 3.33. The Bertz CT molecular complexity index is 843. The molecule has 29 heavy (non-hydrogen) atoms. The summed E-state index contributed by atoms with van der Waals surface area (Å²) in [7, 11) is 1.67. The molecule has 6 nitrogen and oxygen atoms in total. The Labute approximate surface area is 179 Å². The highest BCUT2D eigenvalue weighted by molar-refractivity contribution is 5.96. The average molecular weight is 419 g/mol. The molecule has 1 atom stereocenters. The van der Waals surface area contributed by atoms with Crippen LogP contribution in [-0.2, 0) is 0 Å². The van der Waals surface area contributed by atoms with Gasteiger partial charge in [0.1, 0.15) is 5.75 Å². The number of hydrogen-bond acceptors (Lipinski definition) is 4. The lowest BCUT2D eigenvalue weighted by Crippen LogP contribution is -2.49. The SMILES string of the molecule is COc1ccc(-n2c(C)cc(C(=O)N3CCC(N4CCNCC4)C3)c2C)cc1.Cl. The van der Waals surface area contributed by atoms with Crippen LogP contribution in [0.15, 0.2) is 30.3 Å². The molecule has 4 rings (SSSR count). The number of piperazine rings is 1. The number of aromatic nitrogens is 1. The minimum absolute atomic E-state index is 0. The molecule has 0 spiro atoms. The molecule has 158 valence electrons. The van der Waals surface area contributed by atoms with Gasteiger partial charge in [0.25, 0.3) is 5.91 Å². The molecule has 1 unspecified atom stereocenters. The Balaban J connectivity index is 0.00000240. The third kappa shape index (κ3) is 4.29. The van der Waals surface area contributed by atoms with E-state index in [2.05, 4.69) is 21.7 Å². The highest BCUT2D eigenvalue weighted by Crippen LogP contribution is 2.25. The maximum atomic E-state index is 13.3. The van der Waals surface area contributed by atoms with Crippen LogP contribution in [0.2, 0.25) is 0 Å². The van der Waals surface area contributed by atoms with Crippen molar-refractivity contribution < 1.29 is 9.53 Å². The number of hydrogen-bond donors (Lipinski definition) is 1. The number of ether oxygens (including phenoxy) is 1. The number of carbonyl (C=O) groups is 1. The maximum Gasteiger partial charge on any atom is 0.255 e. The number of halogens is 1. The van der Waals surface area contributed by atoms with E-state index in [1.165, 1.54) is 0 Å². The fourth-order valence-corrected chi connectivity index (χ4v) is 4.55. The summed E-state index contributed by atoms with van der Waals surface area (Å²) in [6, 6.07) is 10.5. The van der Waals surface area contributed by atoms with Crippen LogP contribution >= 0.6 is 12.4 Å². The third-order valence-corrected chi connectivity index (χ3v) is 6.11. The molecule has 0 saturated carbocycles. The second-order valence-corrected chi connectivity index (χ2v) is 7.80. The van der Waals surface area contributed by atoms with Crippen molar-refractivity contribution in [2.24, 2.45) is 0 Å². The van der Waals surface area contributed by atoms with E-state index in [9.17, 15) is 4.79 Å². The second-order valence-electron chi connectivity index (χ2n) is 7.80. The number of nitrogens with one attached hydrogen (secondary N) is 1. The summed E-state index contributed by atoms with van der Waals surface area (Å²) < 4.78 is 7.41. The van der Waals surface area contributed by atoms with E-state index in [4.69, 9.17) is 4.74 Å². The Morgan fingerprint density at radius 3 is 2.45 bits per heavy atom. The van der Waals surface area contributed by atoms with E-state index in [1.807, 2.05) is 42.2 Å². The van der Waals surface area contributed by atoms with Crippen molar-refractivity contribution in [2.75, 3.05) is 46.4 Å². The van der Waals surface area contributed by atoms with Gasteiger partial charge < -0.3 is 19.5 Å². The number of likely N-dealkylation sites (tertiary alicyclic amines) is 1. The largest absolute Gasteiger partial charge is 0.497 e. The topological polar surface area (TPSA) is 49.7 Å². The van der Waals surface area contributed by atoms with E-state index >= 15 is 0 Å². The van der Waals surface area contributed by atoms with Crippen LogP contribution in [0.25, 0.3) is 5.69 Å². The van der Waals surface area contributed by atoms with Gasteiger partial charge in [0, 0.05) is 62.4 Å². The van der Waals surface area contributed by atoms with Crippen molar-refractivity contribution in [2.45, 2.75) is 26.3 Å². The predicted molar refractivity (Wildman–Crippen MR) is 118 cm³/mol. The molecular weight excluding hydrogens is 388 g/mol. The van der Waals surface area contributed by atoms with Gasteiger partial charge in [-0.3, -0.25) is 9.69 Å². The molecule has 0 radical (unpaired) electrons. The molecule has 2 aliphatic rings. The molecule has 1 amide bonds. The summed E-state index contributed by atoms with van der Waals surface area (Å²) in [5.41, 5.74) is 3.94. The van der Waals surface area contributed by atoms with Crippen molar-refractivity contribution in [1.29, 1.82) is 0 Å². The van der Waals surface area contributed by atoms with Crippen LogP contribution in [0, 0.1) is 13.8 Å². The fraction of sp³-hybridized carbons (Fsp3) is 0.500. The van der Waals surface area contributed by atoms with Crippen molar-refractivity contribution in [1.82, 2.24) is 19.7 Å². The third-order valence-electron chi connectivity index (χ3n) is 6.11. The number of methoxy groups -OCH3 is 1. The van der Waals surface area contributed by atoms with E-state index in [0.717, 1.165) is 74.1 Å². The van der Waals surface area contributed by atoms with Gasteiger partial charge in [-0.1, -0.05) is 0 Å². The molecule has 2 aromatic rings. The van der Waals surface area contributed by atoms with Crippen LogP contribution < -0.4 is 10.1 Å². The van der Waals surface area contributed by atoms with Crippen molar-refractivity contribution in [3.05, 3.63) is 47.3 Å². The molecule has 2 fully saturated rings. The minimum Gasteiger partial charge on any atom is -0.497 e. The summed E-state index contributed by atoms with van der Waals surface area (Å²) in [6.45, 7) is 10.0. The molecule has 1 N–H and O–H groups in total. The quantitative estimate of drug-likeness (QED) is 0.829. The first kappa shape index (κ1) is 21.7. The van der Waals surface area contributed by atoms with E-state index < -0.39 is 0 Å². The monoisotopic (exact) mass is 418 g/mol. The molecule has 2 saturated heterocycles. The zero-order chi connectivity index (χ0) is 19.7. The first-order valence-electron chi connectivity index (χ1n) is 10.2. The summed E-state index contributed by atoms with van der Waals surface area (Å²) in [4.78, 5) is 17.8. The zero-order valence-electron chi connectivity index (χ0n) is 17.5. The summed E-state index contributed by atoms with van der Waals surface area (Å²) >= 11 is 0. The predicted octanol–water partition coefficient (Wildman–Crippen LogP) is 2.64. The van der Waals surface area contributed by atoms with Gasteiger partial charge in [-0.15, -0.1) is 12.4 Å². The Kier molecular flexibility index (Phi) is 6.88. The van der Waals surface area contributed by atoms with Crippen molar-refractivity contribution >= 4 is 18.3 Å². The Morgan fingerprint density at radius 2 is 1.79 bits per heavy atom. The number of benzene rings is 1. The van der Waals surface area contributed by atoms with Crippen molar-refractivity contribution in [3.8, 4) is 11.4 Å². The highest BCUT2D eigenvalue weighted by Gasteiger charge is 2.32. The van der Waals surface area contributed by atoms with Gasteiger partial charge in [-0.05, 0) is 50.6 Å². The molecule has 0 bridgehead atoms. The normalized spacial score (nSPS) is 19.8. The van der Waals surface area contributed by atoms with Gasteiger partial charge >= 0.3 is 0 Å². The van der Waals surface area contributed by atoms with Crippen LogP contribution in [0.4, 0.5) is 0 Å². The first-order chi connectivity index (χ1) is 13.6. The van der Waals surface area contributed by atoms with E-state index in [1.54, 1.807) is 7.11 Å². The lowest BCUT2D eigenvalue weighted by Gasteiger charge is -2.32. The van der Waals surface area contributed by atoms with Gasteiger partial charge in [0.15, 0.2) is 0 Å². The van der Waals surface area contributed by atoms with E-state index in [0.29, 0.717) is 6.04 Å². The smallest absolute Gasteiger partial charge is 0.255 e. The number of aryl methyl sites for hydroxylation is 1. The standard InChI is InChI=1S/C22H30N4O2.ClH/c1-16-14-21(17(2)26(16)18-4-6-20(28-3)7-5-18)22(27)25-11-8-19(15-25)24-12-9-23-10-13-24;/h4-7,14,19,23H,8-13,15H2,1-3H3;1H. The lowest BCUT2D eigenvalue weighted by molar-refractivity contribution is 0.0773. The summed E-state index contributed by atoms with van der Waals surface area (Å²) in [5, 5.41) is 3.40. The minimum atomic E-state index is 0. The van der Waals surface area contributed by atoms with Crippen LogP contribution in [0.3, 0.4) is 0 Å².